The van der Waals surface area contributed by atoms with Crippen LogP contribution < -0.4 is 0 Å². The molecule has 2 heteroatoms. The molecule has 0 aromatic rings. The van der Waals surface area contributed by atoms with Crippen molar-refractivity contribution in [3.63, 3.8) is 0 Å². The van der Waals surface area contributed by atoms with Gasteiger partial charge in [-0.2, -0.15) is 0 Å². The molecular weight excluding hydrogens is 116 g/mol. The molecule has 0 saturated heterocycles. The average Bonchev–Trinajstić information content (AvgIpc) is 1.91. The van der Waals surface area contributed by atoms with Gasteiger partial charge in [0.2, 0.25) is 0 Å². The molecule has 0 amide bonds. The van der Waals surface area contributed by atoms with Crippen LogP contribution in [0.3, 0.4) is 0 Å². The lowest BCUT2D eigenvalue weighted by Crippen LogP contribution is -2.17. The van der Waals surface area contributed by atoms with E-state index < -0.39 is 0 Å². The number of hydrogen-bond donors (Lipinski definition) is 0. The summed E-state index contributed by atoms with van der Waals surface area (Å²) >= 11 is 0. The lowest BCUT2D eigenvalue weighted by molar-refractivity contribution is -0.111. The fraction of sp³-hybridized carbons (Fsp3) is 0.714. The van der Waals surface area contributed by atoms with Gasteiger partial charge >= 0.3 is 0 Å². The third kappa shape index (κ3) is 2.16. The monoisotopic (exact) mass is 128 g/mol. The van der Waals surface area contributed by atoms with Crippen molar-refractivity contribution in [2.45, 2.75) is 19.6 Å². The molecule has 0 aromatic carbocycles. The summed E-state index contributed by atoms with van der Waals surface area (Å²) in [6.07, 6.45) is 4.98. The Morgan fingerprint density at radius 3 is 3.22 bits per heavy atom. The maximum Gasteiger partial charge on any atom is 0.176 e. The zero-order valence-corrected chi connectivity index (χ0v) is 5.67. The van der Waals surface area contributed by atoms with Crippen LogP contribution >= 0.6 is 0 Å². The van der Waals surface area contributed by atoms with Crippen LogP contribution in [-0.4, -0.2) is 19.5 Å². The van der Waals surface area contributed by atoms with Crippen LogP contribution in [0.4, 0.5) is 0 Å². The molecule has 2 nitrogen and oxygen atoms in total. The average molecular weight is 128 g/mol. The van der Waals surface area contributed by atoms with Crippen LogP contribution in [-0.2, 0) is 9.47 Å². The first-order chi connectivity index (χ1) is 4.43. The Morgan fingerprint density at radius 1 is 1.78 bits per heavy atom. The molecule has 0 unspecified atom stereocenters. The molecule has 9 heavy (non-hydrogen) atoms. The fourth-order valence-electron chi connectivity index (χ4n) is 0.783. The van der Waals surface area contributed by atoms with Crippen molar-refractivity contribution in [2.24, 2.45) is 0 Å². The van der Waals surface area contributed by atoms with Gasteiger partial charge in [0.05, 0.1) is 6.61 Å². The van der Waals surface area contributed by atoms with Gasteiger partial charge in [-0.3, -0.25) is 0 Å². The van der Waals surface area contributed by atoms with Crippen LogP contribution in [0.25, 0.3) is 0 Å². The minimum Gasteiger partial charge on any atom is -0.349 e. The SMILES string of the molecule is CCO[C@@H]1C=CCCO1. The van der Waals surface area contributed by atoms with Crippen molar-refractivity contribution in [1.82, 2.24) is 0 Å². The van der Waals surface area contributed by atoms with Crippen molar-refractivity contribution in [3.8, 4) is 0 Å². The summed E-state index contributed by atoms with van der Waals surface area (Å²) < 4.78 is 10.4. The predicted octanol–water partition coefficient (Wildman–Crippen LogP) is 1.33. The zero-order valence-electron chi connectivity index (χ0n) is 5.67. The van der Waals surface area contributed by atoms with Crippen molar-refractivity contribution in [3.05, 3.63) is 12.2 Å². The van der Waals surface area contributed by atoms with E-state index in [0.717, 1.165) is 19.6 Å². The zero-order chi connectivity index (χ0) is 6.53. The highest BCUT2D eigenvalue weighted by atomic mass is 16.7. The Kier molecular flexibility index (Phi) is 2.74. The number of rotatable bonds is 2. The second kappa shape index (κ2) is 3.64. The van der Waals surface area contributed by atoms with Gasteiger partial charge in [-0.25, -0.2) is 0 Å². The Balaban J connectivity index is 2.23. The largest absolute Gasteiger partial charge is 0.349 e. The summed E-state index contributed by atoms with van der Waals surface area (Å²) in [5.41, 5.74) is 0. The number of ether oxygens (including phenoxy) is 2. The van der Waals surface area contributed by atoms with Gasteiger partial charge in [0, 0.05) is 6.61 Å². The topological polar surface area (TPSA) is 18.5 Å². The molecule has 1 atom stereocenters. The highest BCUT2D eigenvalue weighted by molar-refractivity contribution is 4.88. The second-order valence-electron chi connectivity index (χ2n) is 1.91. The summed E-state index contributed by atoms with van der Waals surface area (Å²) in [7, 11) is 0. The highest BCUT2D eigenvalue weighted by Crippen LogP contribution is 2.04. The van der Waals surface area contributed by atoms with E-state index in [9.17, 15) is 0 Å². The van der Waals surface area contributed by atoms with Gasteiger partial charge in [-0.15, -0.1) is 0 Å². The van der Waals surface area contributed by atoms with Crippen molar-refractivity contribution >= 4 is 0 Å². The standard InChI is InChI=1S/C7H12O2/c1-2-8-7-5-3-4-6-9-7/h3,5,7H,2,4,6H2,1H3/t7-/m0/s1. The van der Waals surface area contributed by atoms with Gasteiger partial charge in [0.1, 0.15) is 0 Å². The van der Waals surface area contributed by atoms with E-state index in [4.69, 9.17) is 9.47 Å². The molecule has 0 spiro atoms. The third-order valence-electron chi connectivity index (χ3n) is 1.19. The molecule has 0 aliphatic carbocycles. The maximum absolute atomic E-state index is 5.21. The maximum atomic E-state index is 5.21. The van der Waals surface area contributed by atoms with Gasteiger partial charge in [0.25, 0.3) is 0 Å². The highest BCUT2D eigenvalue weighted by Gasteiger charge is 2.05. The van der Waals surface area contributed by atoms with E-state index in [0.29, 0.717) is 0 Å². The molecule has 0 fully saturated rings. The predicted molar refractivity (Wildman–Crippen MR) is 35.1 cm³/mol. The summed E-state index contributed by atoms with van der Waals surface area (Å²) in [4.78, 5) is 0. The smallest absolute Gasteiger partial charge is 0.176 e. The van der Waals surface area contributed by atoms with Crippen LogP contribution in [0.2, 0.25) is 0 Å². The van der Waals surface area contributed by atoms with Crippen LogP contribution in [0.1, 0.15) is 13.3 Å². The van der Waals surface area contributed by atoms with E-state index in [1.54, 1.807) is 0 Å². The van der Waals surface area contributed by atoms with E-state index in [1.807, 2.05) is 13.0 Å². The number of hydrogen-bond acceptors (Lipinski definition) is 2. The Hall–Kier alpha value is -0.340. The quantitative estimate of drug-likeness (QED) is 0.522. The van der Waals surface area contributed by atoms with Crippen LogP contribution in [0.5, 0.6) is 0 Å². The molecule has 1 aliphatic rings. The van der Waals surface area contributed by atoms with E-state index in [-0.39, 0.29) is 6.29 Å². The molecule has 1 aliphatic heterocycles. The molecule has 0 saturated carbocycles. The molecule has 1 rings (SSSR count). The Bertz CT molecular complexity index is 99.1. The van der Waals surface area contributed by atoms with Gasteiger partial charge in [-0.05, 0) is 19.4 Å². The molecular formula is C7H12O2. The first-order valence-corrected chi connectivity index (χ1v) is 3.33. The van der Waals surface area contributed by atoms with Crippen molar-refractivity contribution < 1.29 is 9.47 Å². The lowest BCUT2D eigenvalue weighted by Gasteiger charge is -2.16. The molecule has 0 aromatic heterocycles. The van der Waals surface area contributed by atoms with Crippen molar-refractivity contribution in [2.75, 3.05) is 13.2 Å². The molecule has 0 bridgehead atoms. The van der Waals surface area contributed by atoms with E-state index >= 15 is 0 Å². The normalized spacial score (nSPS) is 26.6. The molecule has 1 heterocycles. The minimum atomic E-state index is -0.0799. The van der Waals surface area contributed by atoms with Crippen LogP contribution in [0.15, 0.2) is 12.2 Å². The van der Waals surface area contributed by atoms with Gasteiger partial charge in [0.15, 0.2) is 6.29 Å². The van der Waals surface area contributed by atoms with Crippen LogP contribution in [0, 0.1) is 0 Å². The summed E-state index contributed by atoms with van der Waals surface area (Å²) in [6, 6.07) is 0. The summed E-state index contributed by atoms with van der Waals surface area (Å²) in [5.74, 6) is 0. The Labute approximate surface area is 55.5 Å². The molecule has 52 valence electrons. The Morgan fingerprint density at radius 2 is 2.67 bits per heavy atom. The first kappa shape index (κ1) is 6.78. The lowest BCUT2D eigenvalue weighted by atomic mass is 10.3. The van der Waals surface area contributed by atoms with Crippen molar-refractivity contribution in [1.29, 1.82) is 0 Å². The molecule has 0 N–H and O–H groups in total. The first-order valence-electron chi connectivity index (χ1n) is 3.33. The summed E-state index contributed by atoms with van der Waals surface area (Å²) in [6.45, 7) is 3.47. The van der Waals surface area contributed by atoms with Gasteiger partial charge < -0.3 is 9.47 Å². The fourth-order valence-corrected chi connectivity index (χ4v) is 0.783. The minimum absolute atomic E-state index is 0.0799. The third-order valence-corrected chi connectivity index (χ3v) is 1.19. The van der Waals surface area contributed by atoms with E-state index in [2.05, 4.69) is 6.08 Å². The second-order valence-corrected chi connectivity index (χ2v) is 1.91. The van der Waals surface area contributed by atoms with E-state index in [1.165, 1.54) is 0 Å². The molecule has 0 radical (unpaired) electrons. The summed E-state index contributed by atoms with van der Waals surface area (Å²) in [5, 5.41) is 0. The van der Waals surface area contributed by atoms with Gasteiger partial charge in [-0.1, -0.05) is 6.08 Å².